The number of nitrogens with zero attached hydrogens (tertiary/aromatic N) is 1. The first kappa shape index (κ1) is 24.9. The fourth-order valence-corrected chi connectivity index (χ4v) is 3.56. The molecule has 1 aromatic rings. The zero-order chi connectivity index (χ0) is 23.0. The van der Waals surface area contributed by atoms with Crippen molar-refractivity contribution in [2.24, 2.45) is 17.0 Å². The number of amides is 2. The smallest absolute Gasteiger partial charge is 0.426 e. The second kappa shape index (κ2) is 11.9. The predicted octanol–water partition coefficient (Wildman–Crippen LogP) is 1.45. The lowest BCUT2D eigenvalue weighted by Gasteiger charge is -2.22. The van der Waals surface area contributed by atoms with Crippen LogP contribution in [0.2, 0.25) is 0 Å². The summed E-state index contributed by atoms with van der Waals surface area (Å²) in [4.78, 5) is 30.5. The van der Waals surface area contributed by atoms with E-state index in [1.807, 2.05) is 44.2 Å². The van der Waals surface area contributed by atoms with Crippen molar-refractivity contribution >= 4 is 24.6 Å². The van der Waals surface area contributed by atoms with Gasteiger partial charge in [0, 0.05) is 6.42 Å². The van der Waals surface area contributed by atoms with Gasteiger partial charge in [0.05, 0.1) is 24.1 Å². The number of hydrogen-bond donors (Lipinski definition) is 4. The van der Waals surface area contributed by atoms with Crippen LogP contribution in [0.3, 0.4) is 0 Å². The molecule has 3 unspecified atom stereocenters. The standard InChI is InChI=1S/C22H34BN3O5/c1-14(2)10-17(24-21(27)12-16-8-6-5-7-9-16)18-13-19(31-26-18)22(28)25-20(23(29)30)11-15(3)4/h5-9,14-15,17,19-20,29-30H,10-13H2,1-4H3,(H,24,27)(H,25,28). The van der Waals surface area contributed by atoms with Crippen molar-refractivity contribution in [1.29, 1.82) is 0 Å². The average molecular weight is 431 g/mol. The monoisotopic (exact) mass is 431 g/mol. The highest BCUT2D eigenvalue weighted by Gasteiger charge is 2.36. The number of nitrogens with one attached hydrogen (secondary N) is 2. The molecule has 3 atom stereocenters. The number of carbonyl (C=O) groups is 2. The van der Waals surface area contributed by atoms with Gasteiger partial charge >= 0.3 is 7.12 Å². The van der Waals surface area contributed by atoms with E-state index in [4.69, 9.17) is 4.84 Å². The number of carbonyl (C=O) groups excluding carboxylic acids is 2. The maximum atomic E-state index is 12.6. The van der Waals surface area contributed by atoms with Gasteiger partial charge in [0.1, 0.15) is 0 Å². The van der Waals surface area contributed by atoms with Crippen LogP contribution in [0.15, 0.2) is 35.5 Å². The SMILES string of the molecule is CC(C)CC(NC(=O)C1CC(C(CC(C)C)NC(=O)Cc2ccccc2)=NO1)B(O)O. The first-order valence-corrected chi connectivity index (χ1v) is 10.9. The summed E-state index contributed by atoms with van der Waals surface area (Å²) in [5, 5.41) is 28.8. The van der Waals surface area contributed by atoms with Crippen molar-refractivity contribution in [3.8, 4) is 0 Å². The number of hydrogen-bond acceptors (Lipinski definition) is 6. The molecule has 0 bridgehead atoms. The van der Waals surface area contributed by atoms with Gasteiger partial charge in [-0.1, -0.05) is 63.2 Å². The Hall–Kier alpha value is -2.39. The van der Waals surface area contributed by atoms with E-state index in [9.17, 15) is 19.6 Å². The summed E-state index contributed by atoms with van der Waals surface area (Å²) < 4.78 is 0. The Labute approximate surface area is 184 Å². The average Bonchev–Trinajstić information content (AvgIpc) is 3.17. The second-order valence-corrected chi connectivity index (χ2v) is 8.95. The minimum absolute atomic E-state index is 0.118. The molecular weight excluding hydrogens is 397 g/mol. The van der Waals surface area contributed by atoms with Crippen molar-refractivity contribution < 1.29 is 24.5 Å². The summed E-state index contributed by atoms with van der Waals surface area (Å²) in [7, 11) is -1.65. The minimum Gasteiger partial charge on any atom is -0.426 e. The summed E-state index contributed by atoms with van der Waals surface area (Å²) in [5.41, 5.74) is 1.53. The number of oxime groups is 1. The first-order valence-electron chi connectivity index (χ1n) is 10.9. The Kier molecular flexibility index (Phi) is 9.52. The Morgan fingerprint density at radius 2 is 1.74 bits per heavy atom. The molecule has 0 saturated carbocycles. The number of benzene rings is 1. The molecule has 0 fully saturated rings. The van der Waals surface area contributed by atoms with Gasteiger partial charge in [-0.15, -0.1) is 0 Å². The highest BCUT2D eigenvalue weighted by molar-refractivity contribution is 6.43. The predicted molar refractivity (Wildman–Crippen MR) is 120 cm³/mol. The van der Waals surface area contributed by atoms with Gasteiger partial charge in [-0.3, -0.25) is 9.59 Å². The van der Waals surface area contributed by atoms with Crippen molar-refractivity contribution in [3.05, 3.63) is 35.9 Å². The first-order chi connectivity index (χ1) is 14.7. The zero-order valence-electron chi connectivity index (χ0n) is 18.7. The summed E-state index contributed by atoms with van der Waals surface area (Å²) in [6.45, 7) is 7.97. The maximum absolute atomic E-state index is 12.6. The van der Waals surface area contributed by atoms with E-state index in [1.54, 1.807) is 0 Å². The quantitative estimate of drug-likeness (QED) is 0.396. The Morgan fingerprint density at radius 3 is 2.32 bits per heavy atom. The van der Waals surface area contributed by atoms with Gasteiger partial charge in [0.25, 0.3) is 5.91 Å². The second-order valence-electron chi connectivity index (χ2n) is 8.95. The molecule has 1 aliphatic heterocycles. The van der Waals surface area contributed by atoms with Gasteiger partial charge in [0.2, 0.25) is 12.0 Å². The Morgan fingerprint density at radius 1 is 1.10 bits per heavy atom. The molecule has 9 heteroatoms. The normalized spacial score (nSPS) is 17.7. The fraction of sp³-hybridized carbons (Fsp3) is 0.591. The maximum Gasteiger partial charge on any atom is 0.475 e. The van der Waals surface area contributed by atoms with Crippen LogP contribution in [0.5, 0.6) is 0 Å². The van der Waals surface area contributed by atoms with E-state index in [2.05, 4.69) is 29.6 Å². The molecule has 0 aromatic heterocycles. The van der Waals surface area contributed by atoms with Crippen molar-refractivity contribution in [2.75, 3.05) is 0 Å². The lowest BCUT2D eigenvalue weighted by Crippen LogP contribution is -2.50. The molecule has 2 rings (SSSR count). The van der Waals surface area contributed by atoms with E-state index in [0.29, 0.717) is 24.5 Å². The van der Waals surface area contributed by atoms with Crippen LogP contribution in [0.25, 0.3) is 0 Å². The minimum atomic E-state index is -1.65. The van der Waals surface area contributed by atoms with Crippen LogP contribution in [-0.2, 0) is 20.8 Å². The van der Waals surface area contributed by atoms with Crippen molar-refractivity contribution in [3.63, 3.8) is 0 Å². The van der Waals surface area contributed by atoms with Crippen LogP contribution in [0.1, 0.15) is 52.5 Å². The zero-order valence-corrected chi connectivity index (χ0v) is 18.7. The molecule has 31 heavy (non-hydrogen) atoms. The van der Waals surface area contributed by atoms with Crippen LogP contribution in [0.4, 0.5) is 0 Å². The van der Waals surface area contributed by atoms with Crippen molar-refractivity contribution in [2.45, 2.75) is 71.5 Å². The molecule has 0 radical (unpaired) electrons. The van der Waals surface area contributed by atoms with Crippen LogP contribution in [0, 0.1) is 11.8 Å². The van der Waals surface area contributed by atoms with Gasteiger partial charge in [-0.05, 0) is 30.2 Å². The van der Waals surface area contributed by atoms with E-state index in [-0.39, 0.29) is 30.7 Å². The molecule has 2 amide bonds. The highest BCUT2D eigenvalue weighted by Crippen LogP contribution is 2.18. The highest BCUT2D eigenvalue weighted by atomic mass is 16.6. The molecule has 1 aliphatic rings. The van der Waals surface area contributed by atoms with E-state index in [0.717, 1.165) is 5.56 Å². The molecule has 0 saturated heterocycles. The third-order valence-corrected chi connectivity index (χ3v) is 5.05. The molecule has 0 spiro atoms. The van der Waals surface area contributed by atoms with E-state index in [1.165, 1.54) is 0 Å². The molecule has 170 valence electrons. The third-order valence-electron chi connectivity index (χ3n) is 5.05. The summed E-state index contributed by atoms with van der Waals surface area (Å²) in [6.07, 6.45) is 0.741. The summed E-state index contributed by atoms with van der Waals surface area (Å²) in [5.74, 6) is -0.863. The van der Waals surface area contributed by atoms with Crippen LogP contribution < -0.4 is 10.6 Å². The lowest BCUT2D eigenvalue weighted by atomic mass is 9.75. The van der Waals surface area contributed by atoms with Crippen molar-refractivity contribution in [1.82, 2.24) is 10.6 Å². The molecule has 1 aromatic carbocycles. The third kappa shape index (κ3) is 8.34. The Balaban J connectivity index is 1.97. The molecule has 0 aliphatic carbocycles. The molecule has 1 heterocycles. The lowest BCUT2D eigenvalue weighted by molar-refractivity contribution is -0.131. The topological polar surface area (TPSA) is 120 Å². The van der Waals surface area contributed by atoms with E-state index >= 15 is 0 Å². The van der Waals surface area contributed by atoms with Gasteiger partial charge in [-0.25, -0.2) is 0 Å². The molecular formula is C22H34BN3O5. The largest absolute Gasteiger partial charge is 0.475 e. The van der Waals surface area contributed by atoms with E-state index < -0.39 is 25.1 Å². The summed E-state index contributed by atoms with van der Waals surface area (Å²) >= 11 is 0. The Bertz CT molecular complexity index is 755. The summed E-state index contributed by atoms with van der Waals surface area (Å²) in [6, 6.07) is 9.15. The van der Waals surface area contributed by atoms with Crippen LogP contribution >= 0.6 is 0 Å². The van der Waals surface area contributed by atoms with Gasteiger partial charge in [-0.2, -0.15) is 0 Å². The van der Waals surface area contributed by atoms with Gasteiger partial charge in [0.15, 0.2) is 0 Å². The fourth-order valence-electron chi connectivity index (χ4n) is 3.56. The molecule has 8 nitrogen and oxygen atoms in total. The number of rotatable bonds is 11. The van der Waals surface area contributed by atoms with Gasteiger partial charge < -0.3 is 25.5 Å². The van der Waals surface area contributed by atoms with Crippen LogP contribution in [-0.4, -0.2) is 52.8 Å². The molecule has 4 N–H and O–H groups in total.